The van der Waals surface area contributed by atoms with Crippen molar-refractivity contribution >= 4 is 17.6 Å². The predicted octanol–water partition coefficient (Wildman–Crippen LogP) is 3.43. The molecule has 3 rings (SSSR count). The lowest BCUT2D eigenvalue weighted by Crippen LogP contribution is -2.45. The lowest BCUT2D eigenvalue weighted by molar-refractivity contribution is -0.134. The van der Waals surface area contributed by atoms with Crippen LogP contribution in [0, 0.1) is 0 Å². The van der Waals surface area contributed by atoms with E-state index < -0.39 is 5.97 Å². The summed E-state index contributed by atoms with van der Waals surface area (Å²) in [7, 11) is 0. The molecule has 0 spiro atoms. The smallest absolute Gasteiger partial charge is 0.300 e. The molecule has 0 aromatic heterocycles. The van der Waals surface area contributed by atoms with Crippen LogP contribution in [0.2, 0.25) is 5.02 Å². The van der Waals surface area contributed by atoms with Gasteiger partial charge < -0.3 is 10.4 Å². The van der Waals surface area contributed by atoms with E-state index >= 15 is 0 Å². The number of benzene rings is 2. The average molecular weight is 347 g/mol. The van der Waals surface area contributed by atoms with Gasteiger partial charge in [0.05, 0.1) is 6.04 Å². The second kappa shape index (κ2) is 9.42. The van der Waals surface area contributed by atoms with E-state index in [0.29, 0.717) is 0 Å². The first-order chi connectivity index (χ1) is 11.6. The molecule has 1 unspecified atom stereocenters. The highest BCUT2D eigenvalue weighted by molar-refractivity contribution is 6.31. The predicted molar refractivity (Wildman–Crippen MR) is 97.5 cm³/mol. The fourth-order valence-corrected chi connectivity index (χ4v) is 3.10. The molecule has 1 aliphatic rings. The molecule has 1 heterocycles. The molecule has 1 aliphatic heterocycles. The minimum Gasteiger partial charge on any atom is -0.481 e. The first kappa shape index (κ1) is 18.5. The molecule has 2 N–H and O–H groups in total. The van der Waals surface area contributed by atoms with Gasteiger partial charge in [0.1, 0.15) is 0 Å². The van der Waals surface area contributed by atoms with E-state index in [0.717, 1.165) is 38.1 Å². The summed E-state index contributed by atoms with van der Waals surface area (Å²) < 4.78 is 0. The number of aliphatic carboxylic acids is 1. The van der Waals surface area contributed by atoms with Crippen LogP contribution in [-0.2, 0) is 4.79 Å². The zero-order valence-corrected chi connectivity index (χ0v) is 14.5. The summed E-state index contributed by atoms with van der Waals surface area (Å²) in [6, 6.07) is 19.1. The standard InChI is InChI=1S/C17H19ClN2.C2H4O2/c18-16-9-5-4-8-15(16)17(14-6-2-1-3-7-14)20-12-10-19-11-13-20;1-2(3)4/h1-9,17,19H,10-13H2;1H3,(H,3,4). The van der Waals surface area contributed by atoms with Crippen LogP contribution in [0.25, 0.3) is 0 Å². The van der Waals surface area contributed by atoms with Crippen molar-refractivity contribution in [2.45, 2.75) is 13.0 Å². The number of rotatable bonds is 3. The van der Waals surface area contributed by atoms with Gasteiger partial charge in [-0.3, -0.25) is 9.69 Å². The van der Waals surface area contributed by atoms with Crippen molar-refractivity contribution in [3.05, 3.63) is 70.7 Å². The quantitative estimate of drug-likeness (QED) is 0.894. The fraction of sp³-hybridized carbons (Fsp3) is 0.316. The number of halogens is 1. The van der Waals surface area contributed by atoms with Crippen molar-refractivity contribution in [3.8, 4) is 0 Å². The van der Waals surface area contributed by atoms with Gasteiger partial charge in [-0.15, -0.1) is 0 Å². The molecule has 5 heteroatoms. The lowest BCUT2D eigenvalue weighted by atomic mass is 9.96. The Balaban J connectivity index is 0.000000471. The van der Waals surface area contributed by atoms with E-state index in [1.807, 2.05) is 12.1 Å². The van der Waals surface area contributed by atoms with Gasteiger partial charge in [-0.2, -0.15) is 0 Å². The molecular formula is C19H23ClN2O2. The van der Waals surface area contributed by atoms with Crippen LogP contribution >= 0.6 is 11.6 Å². The molecule has 0 amide bonds. The van der Waals surface area contributed by atoms with E-state index in [2.05, 4.69) is 52.7 Å². The number of piperazine rings is 1. The number of hydrogen-bond donors (Lipinski definition) is 2. The van der Waals surface area contributed by atoms with Crippen LogP contribution < -0.4 is 5.32 Å². The van der Waals surface area contributed by atoms with Crippen LogP contribution in [0.1, 0.15) is 24.1 Å². The molecule has 1 saturated heterocycles. The SMILES string of the molecule is CC(=O)O.Clc1ccccc1C(c1ccccc1)N1CCNCC1. The van der Waals surface area contributed by atoms with Crippen molar-refractivity contribution in [2.24, 2.45) is 0 Å². The molecule has 128 valence electrons. The Morgan fingerprint density at radius 2 is 1.62 bits per heavy atom. The highest BCUT2D eigenvalue weighted by Gasteiger charge is 2.25. The maximum absolute atomic E-state index is 9.00. The number of nitrogens with zero attached hydrogens (tertiary/aromatic N) is 1. The van der Waals surface area contributed by atoms with E-state index in [1.165, 1.54) is 11.1 Å². The molecular weight excluding hydrogens is 324 g/mol. The molecule has 0 saturated carbocycles. The summed E-state index contributed by atoms with van der Waals surface area (Å²) >= 11 is 6.45. The van der Waals surface area contributed by atoms with Gasteiger partial charge in [0, 0.05) is 38.1 Å². The van der Waals surface area contributed by atoms with Crippen LogP contribution in [0.4, 0.5) is 0 Å². The van der Waals surface area contributed by atoms with Crippen LogP contribution in [0.3, 0.4) is 0 Å². The largest absolute Gasteiger partial charge is 0.481 e. The monoisotopic (exact) mass is 346 g/mol. The fourth-order valence-electron chi connectivity index (χ4n) is 2.86. The first-order valence-electron chi connectivity index (χ1n) is 8.03. The summed E-state index contributed by atoms with van der Waals surface area (Å²) in [5, 5.41) is 11.7. The Morgan fingerprint density at radius 1 is 1.08 bits per heavy atom. The van der Waals surface area contributed by atoms with E-state index in [9.17, 15) is 0 Å². The third-order valence-electron chi connectivity index (χ3n) is 3.83. The van der Waals surface area contributed by atoms with Crippen molar-refractivity contribution in [3.63, 3.8) is 0 Å². The van der Waals surface area contributed by atoms with Crippen LogP contribution in [0.15, 0.2) is 54.6 Å². The topological polar surface area (TPSA) is 52.6 Å². The zero-order chi connectivity index (χ0) is 17.4. The number of hydrogen-bond acceptors (Lipinski definition) is 3. The van der Waals surface area contributed by atoms with Gasteiger partial charge in [-0.1, -0.05) is 60.1 Å². The van der Waals surface area contributed by atoms with Crippen LogP contribution in [-0.4, -0.2) is 42.2 Å². The van der Waals surface area contributed by atoms with Crippen molar-refractivity contribution < 1.29 is 9.90 Å². The second-order valence-electron chi connectivity index (χ2n) is 5.64. The summed E-state index contributed by atoms with van der Waals surface area (Å²) in [4.78, 5) is 11.5. The highest BCUT2D eigenvalue weighted by Crippen LogP contribution is 2.33. The van der Waals surface area contributed by atoms with E-state index in [1.54, 1.807) is 0 Å². The minimum atomic E-state index is -0.833. The van der Waals surface area contributed by atoms with Gasteiger partial charge >= 0.3 is 0 Å². The Hall–Kier alpha value is -1.88. The molecule has 1 fully saturated rings. The van der Waals surface area contributed by atoms with Crippen molar-refractivity contribution in [1.29, 1.82) is 0 Å². The van der Waals surface area contributed by atoms with E-state index in [-0.39, 0.29) is 6.04 Å². The molecule has 0 bridgehead atoms. The lowest BCUT2D eigenvalue weighted by Gasteiger charge is -2.36. The Morgan fingerprint density at radius 3 is 2.21 bits per heavy atom. The normalized spacial score (nSPS) is 15.9. The second-order valence-corrected chi connectivity index (χ2v) is 6.05. The van der Waals surface area contributed by atoms with Crippen LogP contribution in [0.5, 0.6) is 0 Å². The summed E-state index contributed by atoms with van der Waals surface area (Å²) in [5.74, 6) is -0.833. The van der Waals surface area contributed by atoms with Crippen molar-refractivity contribution in [2.75, 3.05) is 26.2 Å². The van der Waals surface area contributed by atoms with E-state index in [4.69, 9.17) is 21.5 Å². The van der Waals surface area contributed by atoms with Gasteiger partial charge in [-0.05, 0) is 17.2 Å². The molecule has 2 aromatic rings. The van der Waals surface area contributed by atoms with Crippen molar-refractivity contribution in [1.82, 2.24) is 10.2 Å². The van der Waals surface area contributed by atoms with Gasteiger partial charge in [-0.25, -0.2) is 0 Å². The minimum absolute atomic E-state index is 0.243. The maximum Gasteiger partial charge on any atom is 0.300 e. The van der Waals surface area contributed by atoms with Gasteiger partial charge in [0.25, 0.3) is 5.97 Å². The summed E-state index contributed by atoms with van der Waals surface area (Å²) in [6.45, 7) is 5.25. The number of carbonyl (C=O) groups is 1. The average Bonchev–Trinajstić information content (AvgIpc) is 2.58. The zero-order valence-electron chi connectivity index (χ0n) is 13.8. The molecule has 4 nitrogen and oxygen atoms in total. The third kappa shape index (κ3) is 5.34. The molecule has 0 aliphatic carbocycles. The van der Waals surface area contributed by atoms with Gasteiger partial charge in [0.15, 0.2) is 0 Å². The highest BCUT2D eigenvalue weighted by atomic mass is 35.5. The summed E-state index contributed by atoms with van der Waals surface area (Å²) in [5.41, 5.74) is 2.50. The third-order valence-corrected chi connectivity index (χ3v) is 4.18. The number of nitrogens with one attached hydrogen (secondary N) is 1. The molecule has 2 aromatic carbocycles. The number of carboxylic acid groups (broad SMARTS) is 1. The Kier molecular flexibility index (Phi) is 7.25. The first-order valence-corrected chi connectivity index (χ1v) is 8.41. The number of carboxylic acids is 1. The molecule has 1 atom stereocenters. The Labute approximate surface area is 148 Å². The Bertz CT molecular complexity index is 639. The van der Waals surface area contributed by atoms with Gasteiger partial charge in [0.2, 0.25) is 0 Å². The summed E-state index contributed by atoms with van der Waals surface area (Å²) in [6.07, 6.45) is 0. The molecule has 0 radical (unpaired) electrons. The molecule has 24 heavy (non-hydrogen) atoms. The maximum atomic E-state index is 9.00.